The Kier molecular flexibility index (Phi) is 9.62. The van der Waals surface area contributed by atoms with E-state index in [1.807, 2.05) is 31.3 Å². The van der Waals surface area contributed by atoms with E-state index in [9.17, 15) is 4.79 Å². The van der Waals surface area contributed by atoms with E-state index in [0.29, 0.717) is 5.56 Å². The van der Waals surface area contributed by atoms with Gasteiger partial charge < -0.3 is 16.0 Å². The van der Waals surface area contributed by atoms with Gasteiger partial charge in [0.1, 0.15) is 0 Å². The topological polar surface area (TPSA) is 65.5 Å². The first-order valence-corrected chi connectivity index (χ1v) is 10.5. The van der Waals surface area contributed by atoms with Crippen molar-refractivity contribution < 1.29 is 4.79 Å². The Hall–Kier alpha value is -2.09. The van der Waals surface area contributed by atoms with Crippen LogP contribution in [0.3, 0.4) is 0 Å². The third kappa shape index (κ3) is 6.20. The molecule has 0 aromatic heterocycles. The zero-order valence-electron chi connectivity index (χ0n) is 17.9. The van der Waals surface area contributed by atoms with E-state index in [2.05, 4.69) is 51.3 Å². The van der Waals surface area contributed by atoms with Gasteiger partial charge in [-0.2, -0.15) is 0 Å². The first-order chi connectivity index (χ1) is 14.2. The Bertz CT molecular complexity index is 832. The average molecular weight is 520 g/mol. The first-order valence-electron chi connectivity index (χ1n) is 10.5. The molecule has 6 heteroatoms. The summed E-state index contributed by atoms with van der Waals surface area (Å²) < 4.78 is 0. The molecule has 5 nitrogen and oxygen atoms in total. The predicted octanol–water partition coefficient (Wildman–Crippen LogP) is 3.88. The minimum atomic E-state index is -0.0555. The number of carbonyl (C=O) groups is 1. The Balaban J connectivity index is 0.00000320. The number of benzene rings is 2. The Morgan fingerprint density at radius 1 is 1.03 bits per heavy atom. The molecule has 1 aliphatic carbocycles. The van der Waals surface area contributed by atoms with E-state index in [4.69, 9.17) is 0 Å². The van der Waals surface area contributed by atoms with E-state index in [1.165, 1.54) is 31.2 Å². The van der Waals surface area contributed by atoms with Crippen LogP contribution in [0.2, 0.25) is 0 Å². The van der Waals surface area contributed by atoms with Gasteiger partial charge in [-0.05, 0) is 42.5 Å². The van der Waals surface area contributed by atoms with E-state index >= 15 is 0 Å². The number of amides is 1. The number of hydrogen-bond donors (Lipinski definition) is 3. The maximum atomic E-state index is 11.8. The number of halogens is 1. The van der Waals surface area contributed by atoms with Crippen LogP contribution in [0, 0.1) is 0 Å². The van der Waals surface area contributed by atoms with Gasteiger partial charge in [-0.25, -0.2) is 0 Å². The highest BCUT2D eigenvalue weighted by atomic mass is 127. The van der Waals surface area contributed by atoms with Crippen LogP contribution in [0.15, 0.2) is 59.6 Å². The van der Waals surface area contributed by atoms with Crippen molar-refractivity contribution in [1.29, 1.82) is 0 Å². The molecule has 30 heavy (non-hydrogen) atoms. The molecule has 1 amide bonds. The fourth-order valence-corrected chi connectivity index (χ4v) is 4.22. The van der Waals surface area contributed by atoms with Crippen molar-refractivity contribution in [2.75, 3.05) is 27.2 Å². The van der Waals surface area contributed by atoms with Crippen molar-refractivity contribution in [3.05, 3.63) is 71.3 Å². The molecule has 0 bridgehead atoms. The molecule has 0 aliphatic heterocycles. The fourth-order valence-electron chi connectivity index (χ4n) is 4.22. The zero-order valence-corrected chi connectivity index (χ0v) is 20.2. The van der Waals surface area contributed by atoms with Crippen LogP contribution in [0.1, 0.15) is 47.2 Å². The molecule has 1 saturated carbocycles. The molecule has 0 atom stereocenters. The van der Waals surface area contributed by atoms with Crippen LogP contribution in [0.4, 0.5) is 0 Å². The van der Waals surface area contributed by atoms with Crippen LogP contribution in [0.25, 0.3) is 0 Å². The molecule has 0 spiro atoms. The number of aliphatic imine (C=N–C) groups is 1. The van der Waals surface area contributed by atoms with Crippen molar-refractivity contribution in [3.8, 4) is 0 Å². The molecule has 1 fully saturated rings. The van der Waals surface area contributed by atoms with E-state index in [0.717, 1.165) is 31.0 Å². The van der Waals surface area contributed by atoms with Crippen molar-refractivity contribution >= 4 is 35.8 Å². The second-order valence-electron chi connectivity index (χ2n) is 7.74. The number of rotatable bonds is 7. The lowest BCUT2D eigenvalue weighted by Gasteiger charge is -2.30. The van der Waals surface area contributed by atoms with Gasteiger partial charge in [0, 0.05) is 38.2 Å². The lowest BCUT2D eigenvalue weighted by molar-refractivity contribution is 0.0963. The highest BCUT2D eigenvalue weighted by Gasteiger charge is 2.35. The largest absolute Gasteiger partial charge is 0.356 e. The summed E-state index contributed by atoms with van der Waals surface area (Å²) in [6.07, 6.45) is 5.82. The summed E-state index contributed by atoms with van der Waals surface area (Å²) >= 11 is 0. The van der Waals surface area contributed by atoms with Crippen LogP contribution in [-0.4, -0.2) is 39.1 Å². The van der Waals surface area contributed by atoms with Gasteiger partial charge in [0.05, 0.1) is 0 Å². The number of carbonyl (C=O) groups excluding carboxylic acids is 1. The molecule has 2 aromatic rings. The summed E-state index contributed by atoms with van der Waals surface area (Å²) in [6.45, 7) is 1.65. The number of nitrogens with zero attached hydrogens (tertiary/aromatic N) is 1. The minimum Gasteiger partial charge on any atom is -0.356 e. The summed E-state index contributed by atoms with van der Waals surface area (Å²) in [4.78, 5) is 16.2. The molecule has 2 aromatic carbocycles. The van der Waals surface area contributed by atoms with E-state index < -0.39 is 0 Å². The fraction of sp³-hybridized carbons (Fsp3) is 0.417. The van der Waals surface area contributed by atoms with Crippen molar-refractivity contribution in [1.82, 2.24) is 16.0 Å². The zero-order chi connectivity index (χ0) is 20.5. The summed E-state index contributed by atoms with van der Waals surface area (Å²) in [5.74, 6) is 0.773. The monoisotopic (exact) mass is 520 g/mol. The molecule has 162 valence electrons. The molecule has 3 rings (SSSR count). The SMILES string of the molecule is CN=C(NCCc1cccc(C(=O)NC)c1)NCC1(c2ccccc2)CCCC1.I. The minimum absolute atomic E-state index is 0. The van der Waals surface area contributed by atoms with E-state index in [-0.39, 0.29) is 35.3 Å². The third-order valence-electron chi connectivity index (χ3n) is 5.89. The van der Waals surface area contributed by atoms with Gasteiger partial charge in [0.15, 0.2) is 5.96 Å². The highest BCUT2D eigenvalue weighted by molar-refractivity contribution is 14.0. The number of guanidine groups is 1. The van der Waals surface area contributed by atoms with Gasteiger partial charge in [0.25, 0.3) is 5.91 Å². The summed E-state index contributed by atoms with van der Waals surface area (Å²) in [6, 6.07) is 18.6. The molecule has 0 heterocycles. The maximum Gasteiger partial charge on any atom is 0.251 e. The average Bonchev–Trinajstić information content (AvgIpc) is 3.26. The first kappa shape index (κ1) is 24.2. The standard InChI is InChI=1S/C24H32N4O.HI/c1-25-22(29)20-10-8-9-19(17-20)13-16-27-23(26-2)28-18-24(14-6-7-15-24)21-11-4-3-5-12-21;/h3-5,8-12,17H,6-7,13-16,18H2,1-2H3,(H,25,29)(H2,26,27,28);1H. The number of nitrogens with one attached hydrogen (secondary N) is 3. The van der Waals surface area contributed by atoms with Gasteiger partial charge in [0.2, 0.25) is 0 Å². The second kappa shape index (κ2) is 11.9. The maximum absolute atomic E-state index is 11.8. The summed E-state index contributed by atoms with van der Waals surface area (Å²) in [5, 5.41) is 9.63. The van der Waals surface area contributed by atoms with Gasteiger partial charge in [-0.3, -0.25) is 9.79 Å². The summed E-state index contributed by atoms with van der Waals surface area (Å²) in [7, 11) is 3.46. The Morgan fingerprint density at radius 3 is 2.43 bits per heavy atom. The Labute approximate surface area is 197 Å². The third-order valence-corrected chi connectivity index (χ3v) is 5.89. The number of hydrogen-bond acceptors (Lipinski definition) is 2. The second-order valence-corrected chi connectivity index (χ2v) is 7.74. The molecular weight excluding hydrogens is 487 g/mol. The molecule has 0 radical (unpaired) electrons. The Morgan fingerprint density at radius 2 is 1.77 bits per heavy atom. The molecular formula is C24H33IN4O. The van der Waals surface area contributed by atoms with Crippen molar-refractivity contribution in [2.24, 2.45) is 4.99 Å². The van der Waals surface area contributed by atoms with Crippen LogP contribution in [-0.2, 0) is 11.8 Å². The predicted molar refractivity (Wildman–Crippen MR) is 135 cm³/mol. The normalized spacial score (nSPS) is 15.2. The van der Waals surface area contributed by atoms with E-state index in [1.54, 1.807) is 7.05 Å². The van der Waals surface area contributed by atoms with Crippen LogP contribution < -0.4 is 16.0 Å². The summed E-state index contributed by atoms with van der Waals surface area (Å²) in [5.41, 5.74) is 3.44. The quantitative estimate of drug-likeness (QED) is 0.295. The highest BCUT2D eigenvalue weighted by Crippen LogP contribution is 2.40. The molecule has 1 aliphatic rings. The van der Waals surface area contributed by atoms with Gasteiger partial charge in [-0.1, -0.05) is 55.3 Å². The lowest BCUT2D eigenvalue weighted by Crippen LogP contribution is -2.45. The lowest BCUT2D eigenvalue weighted by atomic mass is 9.79. The molecule has 3 N–H and O–H groups in total. The molecule has 0 saturated heterocycles. The van der Waals surface area contributed by atoms with Crippen molar-refractivity contribution in [3.63, 3.8) is 0 Å². The van der Waals surface area contributed by atoms with Gasteiger partial charge >= 0.3 is 0 Å². The van der Waals surface area contributed by atoms with Crippen LogP contribution in [0.5, 0.6) is 0 Å². The smallest absolute Gasteiger partial charge is 0.251 e. The van der Waals surface area contributed by atoms with Crippen molar-refractivity contribution in [2.45, 2.75) is 37.5 Å². The van der Waals surface area contributed by atoms with Gasteiger partial charge in [-0.15, -0.1) is 24.0 Å². The van der Waals surface area contributed by atoms with Crippen LogP contribution >= 0.6 is 24.0 Å². The molecule has 0 unspecified atom stereocenters.